The van der Waals surface area contributed by atoms with E-state index in [1.165, 1.54) is 128 Å². The summed E-state index contributed by atoms with van der Waals surface area (Å²) in [7, 11) is 0. The fourth-order valence-corrected chi connectivity index (χ4v) is 7.98. The van der Waals surface area contributed by atoms with Crippen molar-refractivity contribution in [3.8, 4) is 0 Å². The van der Waals surface area contributed by atoms with E-state index in [0.717, 1.165) is 109 Å². The van der Waals surface area contributed by atoms with Crippen LogP contribution in [-0.4, -0.2) is 37.2 Å². The number of unbranched alkanes of at least 4 members (excludes halogenated alkanes) is 28. The third kappa shape index (κ3) is 53.7. The van der Waals surface area contributed by atoms with Gasteiger partial charge in [-0.1, -0.05) is 261 Å². The van der Waals surface area contributed by atoms with Crippen LogP contribution in [0.4, 0.5) is 0 Å². The van der Waals surface area contributed by atoms with Gasteiger partial charge in [-0.15, -0.1) is 0 Å². The van der Waals surface area contributed by atoms with Crippen molar-refractivity contribution in [2.24, 2.45) is 0 Å². The highest BCUT2D eigenvalue weighted by Gasteiger charge is 2.19. The van der Waals surface area contributed by atoms with Crippen molar-refractivity contribution in [3.05, 3.63) is 72.9 Å². The van der Waals surface area contributed by atoms with Crippen molar-refractivity contribution in [1.29, 1.82) is 0 Å². The van der Waals surface area contributed by atoms with Gasteiger partial charge in [-0.05, 0) is 70.6 Å². The summed E-state index contributed by atoms with van der Waals surface area (Å²) >= 11 is 0. The fraction of sp³-hybridized carbons (Fsp3) is 0.754. The van der Waals surface area contributed by atoms with Crippen LogP contribution in [-0.2, 0) is 28.6 Å². The minimum absolute atomic E-state index is 0.0812. The molecule has 386 valence electrons. The fourth-order valence-electron chi connectivity index (χ4n) is 7.98. The molecule has 67 heavy (non-hydrogen) atoms. The van der Waals surface area contributed by atoms with Gasteiger partial charge in [0.05, 0.1) is 0 Å². The Balaban J connectivity index is 4.25. The molecule has 0 heterocycles. The lowest BCUT2D eigenvalue weighted by molar-refractivity contribution is -0.167. The summed E-state index contributed by atoms with van der Waals surface area (Å²) in [5.41, 5.74) is 0. The smallest absolute Gasteiger partial charge is 0.306 e. The van der Waals surface area contributed by atoms with Crippen LogP contribution in [0.2, 0.25) is 0 Å². The Bertz CT molecular complexity index is 1260. The third-order valence-corrected chi connectivity index (χ3v) is 12.2. The van der Waals surface area contributed by atoms with E-state index >= 15 is 0 Å². The summed E-state index contributed by atoms with van der Waals surface area (Å²) in [6.45, 7) is 6.48. The largest absolute Gasteiger partial charge is 0.462 e. The maximum Gasteiger partial charge on any atom is 0.306 e. The molecular weight excluding hydrogens is 829 g/mol. The molecule has 1 unspecified atom stereocenters. The molecule has 6 nitrogen and oxygen atoms in total. The summed E-state index contributed by atoms with van der Waals surface area (Å²) < 4.78 is 16.8. The molecule has 0 radical (unpaired) electrons. The molecule has 0 bridgehead atoms. The zero-order valence-corrected chi connectivity index (χ0v) is 44.2. The first-order chi connectivity index (χ1) is 33.0. The van der Waals surface area contributed by atoms with Crippen LogP contribution >= 0.6 is 0 Å². The van der Waals surface area contributed by atoms with Crippen LogP contribution in [0.15, 0.2) is 72.9 Å². The van der Waals surface area contributed by atoms with Crippen molar-refractivity contribution < 1.29 is 28.6 Å². The second-order valence-electron chi connectivity index (χ2n) is 18.8. The zero-order chi connectivity index (χ0) is 48.6. The molecule has 0 spiro atoms. The number of esters is 3. The van der Waals surface area contributed by atoms with Crippen LogP contribution < -0.4 is 0 Å². The predicted molar refractivity (Wildman–Crippen MR) is 288 cm³/mol. The van der Waals surface area contributed by atoms with Crippen molar-refractivity contribution in [3.63, 3.8) is 0 Å². The van der Waals surface area contributed by atoms with Gasteiger partial charge in [-0.25, -0.2) is 0 Å². The molecule has 0 fully saturated rings. The average molecular weight is 936 g/mol. The molecular formula is C61H106O6. The first-order valence-electron chi connectivity index (χ1n) is 28.4. The number of carbonyl (C=O) groups is 3. The van der Waals surface area contributed by atoms with Crippen LogP contribution in [0.25, 0.3) is 0 Å². The topological polar surface area (TPSA) is 78.9 Å². The molecule has 0 aromatic carbocycles. The van der Waals surface area contributed by atoms with Crippen molar-refractivity contribution in [2.45, 2.75) is 284 Å². The number of rotatable bonds is 51. The van der Waals surface area contributed by atoms with E-state index in [9.17, 15) is 14.4 Å². The Morgan fingerprint density at radius 2 is 0.582 bits per heavy atom. The number of hydrogen-bond acceptors (Lipinski definition) is 6. The van der Waals surface area contributed by atoms with Crippen molar-refractivity contribution >= 4 is 17.9 Å². The van der Waals surface area contributed by atoms with E-state index in [2.05, 4.69) is 93.7 Å². The summed E-state index contributed by atoms with van der Waals surface area (Å²) in [5.74, 6) is -0.905. The highest BCUT2D eigenvalue weighted by molar-refractivity contribution is 5.71. The standard InChI is InChI=1S/C61H106O6/c1-4-7-10-13-16-18-20-22-24-26-28-29-30-31-33-34-36-38-40-42-45-48-51-54-60(63)66-57-58(56-65-59(62)53-50-47-44-15-12-9-6-3)67-61(64)55-52-49-46-43-41-39-37-35-32-27-25-23-21-19-17-14-11-8-5-2/h7,10,16,18,22,24,28-29,31,33,36,38,58H,4-6,8-9,11-15,17,19-21,23,25-27,30,32,34-35,37,39-57H2,1-3H3/b10-7-,18-16-,24-22-,29-28-,33-31-,38-36-. The highest BCUT2D eigenvalue weighted by atomic mass is 16.6. The summed E-state index contributed by atoms with van der Waals surface area (Å²) in [4.78, 5) is 37.9. The molecule has 1 atom stereocenters. The molecule has 0 saturated heterocycles. The lowest BCUT2D eigenvalue weighted by atomic mass is 10.0. The van der Waals surface area contributed by atoms with E-state index in [1.807, 2.05) is 0 Å². The quantitative estimate of drug-likeness (QED) is 0.0262. The van der Waals surface area contributed by atoms with Gasteiger partial charge in [0.15, 0.2) is 6.10 Å². The number of ether oxygens (including phenoxy) is 3. The minimum Gasteiger partial charge on any atom is -0.462 e. The van der Waals surface area contributed by atoms with E-state index in [4.69, 9.17) is 14.2 Å². The molecule has 0 aromatic rings. The van der Waals surface area contributed by atoms with Crippen molar-refractivity contribution in [2.75, 3.05) is 13.2 Å². The van der Waals surface area contributed by atoms with Gasteiger partial charge in [0, 0.05) is 19.3 Å². The normalized spacial score (nSPS) is 12.6. The minimum atomic E-state index is -0.781. The lowest BCUT2D eigenvalue weighted by Crippen LogP contribution is -2.30. The molecule has 0 amide bonds. The first kappa shape index (κ1) is 63.8. The summed E-state index contributed by atoms with van der Waals surface area (Å²) in [6.07, 6.45) is 70.6. The third-order valence-electron chi connectivity index (χ3n) is 12.2. The van der Waals surface area contributed by atoms with Gasteiger partial charge in [-0.3, -0.25) is 14.4 Å². The SMILES string of the molecule is CC/C=C\C/C=C\C/C=C\C/C=C\C/C=C\C/C=C\CCCCCCC(=O)OCC(COC(=O)CCCCCCCCC)OC(=O)CCCCCCCCCCCCCCCCCCCCC. The highest BCUT2D eigenvalue weighted by Crippen LogP contribution is 2.16. The van der Waals surface area contributed by atoms with E-state index in [0.29, 0.717) is 19.3 Å². The molecule has 0 rings (SSSR count). The summed E-state index contributed by atoms with van der Waals surface area (Å²) in [5, 5.41) is 0. The monoisotopic (exact) mass is 935 g/mol. The molecule has 0 saturated carbocycles. The Labute approximate surface area is 414 Å². The van der Waals surface area contributed by atoms with Gasteiger partial charge < -0.3 is 14.2 Å². The van der Waals surface area contributed by atoms with Crippen molar-refractivity contribution in [1.82, 2.24) is 0 Å². The molecule has 0 aliphatic carbocycles. The molecule has 0 aliphatic rings. The Hall–Kier alpha value is -3.15. The van der Waals surface area contributed by atoms with Gasteiger partial charge in [0.25, 0.3) is 0 Å². The maximum absolute atomic E-state index is 12.8. The number of carbonyl (C=O) groups excluding carboxylic acids is 3. The molecule has 6 heteroatoms. The average Bonchev–Trinajstić information content (AvgIpc) is 3.33. The van der Waals surface area contributed by atoms with Crippen LogP contribution in [0, 0.1) is 0 Å². The van der Waals surface area contributed by atoms with Gasteiger partial charge in [0.2, 0.25) is 0 Å². The molecule has 0 N–H and O–H groups in total. The van der Waals surface area contributed by atoms with Crippen LogP contribution in [0.3, 0.4) is 0 Å². The van der Waals surface area contributed by atoms with Gasteiger partial charge >= 0.3 is 17.9 Å². The van der Waals surface area contributed by atoms with E-state index < -0.39 is 6.10 Å². The zero-order valence-electron chi connectivity index (χ0n) is 44.2. The molecule has 0 aliphatic heterocycles. The Morgan fingerprint density at radius 1 is 0.313 bits per heavy atom. The van der Waals surface area contributed by atoms with E-state index in [1.54, 1.807) is 0 Å². The number of allylic oxidation sites excluding steroid dienone is 12. The van der Waals surface area contributed by atoms with Gasteiger partial charge in [-0.2, -0.15) is 0 Å². The first-order valence-corrected chi connectivity index (χ1v) is 28.4. The predicted octanol–water partition coefficient (Wildman–Crippen LogP) is 19.0. The Morgan fingerprint density at radius 3 is 0.910 bits per heavy atom. The number of hydrogen-bond donors (Lipinski definition) is 0. The second kappa shape index (κ2) is 55.4. The summed E-state index contributed by atoms with van der Waals surface area (Å²) in [6, 6.07) is 0. The van der Waals surface area contributed by atoms with Gasteiger partial charge in [0.1, 0.15) is 13.2 Å². The second-order valence-corrected chi connectivity index (χ2v) is 18.8. The Kier molecular flexibility index (Phi) is 52.8. The molecule has 0 aromatic heterocycles. The van der Waals surface area contributed by atoms with Crippen LogP contribution in [0.1, 0.15) is 278 Å². The lowest BCUT2D eigenvalue weighted by Gasteiger charge is -2.18. The van der Waals surface area contributed by atoms with Crippen LogP contribution in [0.5, 0.6) is 0 Å². The van der Waals surface area contributed by atoms with E-state index in [-0.39, 0.29) is 31.1 Å². The maximum atomic E-state index is 12.8.